The van der Waals surface area contributed by atoms with Crippen molar-refractivity contribution in [2.75, 3.05) is 21.2 Å². The fourth-order valence-corrected chi connectivity index (χ4v) is 2.72. The van der Waals surface area contributed by atoms with Gasteiger partial charge in [-0.1, -0.05) is 25.7 Å². The van der Waals surface area contributed by atoms with Crippen molar-refractivity contribution in [1.82, 2.24) is 9.88 Å². The van der Waals surface area contributed by atoms with E-state index >= 15 is 0 Å². The Kier molecular flexibility index (Phi) is 4.82. The molecule has 0 atom stereocenters. The van der Waals surface area contributed by atoms with E-state index in [1.54, 1.807) is 6.34 Å². The maximum Gasteiger partial charge on any atom is 0.356 e. The van der Waals surface area contributed by atoms with Crippen LogP contribution in [0.25, 0.3) is 0 Å². The normalized spacial score (nSPS) is 15.9. The van der Waals surface area contributed by atoms with Crippen molar-refractivity contribution in [3.05, 3.63) is 17.5 Å². The number of H-pyrrole nitrogens is 1. The van der Waals surface area contributed by atoms with Gasteiger partial charge >= 0.3 is 5.97 Å². The van der Waals surface area contributed by atoms with Crippen LogP contribution >= 0.6 is 0 Å². The number of ether oxygens (including phenoxy) is 1. The Bertz CT molecular complexity index is 485. The highest BCUT2D eigenvalue weighted by atomic mass is 16.5. The summed E-state index contributed by atoms with van der Waals surface area (Å²) in [5.41, 5.74) is 2.27. The van der Waals surface area contributed by atoms with Crippen LogP contribution in [0.5, 0.6) is 0 Å². The number of nitrogens with zero attached hydrogens (tertiary/aromatic N) is 2. The highest BCUT2D eigenvalue weighted by molar-refractivity contribution is 5.94. The second-order valence-electron chi connectivity index (χ2n) is 5.59. The third-order valence-corrected chi connectivity index (χ3v) is 3.72. The van der Waals surface area contributed by atoms with Gasteiger partial charge in [0.1, 0.15) is 5.69 Å². The number of esters is 1. The lowest BCUT2D eigenvalue weighted by Crippen LogP contribution is -2.08. The monoisotopic (exact) mass is 277 g/mol. The van der Waals surface area contributed by atoms with E-state index in [0.717, 1.165) is 17.7 Å². The molecule has 5 nitrogen and oxygen atoms in total. The topological polar surface area (TPSA) is 57.7 Å². The minimum atomic E-state index is -0.367. The quantitative estimate of drug-likeness (QED) is 0.511. The lowest BCUT2D eigenvalue weighted by atomic mass is 9.99. The molecule has 0 amide bonds. The molecule has 1 aromatic rings. The van der Waals surface area contributed by atoms with E-state index in [1.807, 2.05) is 25.2 Å². The van der Waals surface area contributed by atoms with Crippen LogP contribution in [0.15, 0.2) is 11.2 Å². The van der Waals surface area contributed by atoms with Gasteiger partial charge in [-0.2, -0.15) is 0 Å². The Labute approximate surface area is 120 Å². The molecule has 1 N–H and O–H groups in total. The lowest BCUT2D eigenvalue weighted by Gasteiger charge is -2.09. The summed E-state index contributed by atoms with van der Waals surface area (Å²) in [5, 5.41) is 0. The van der Waals surface area contributed by atoms with Gasteiger partial charge in [-0.3, -0.25) is 0 Å². The third kappa shape index (κ3) is 3.40. The largest absolute Gasteiger partial charge is 0.464 e. The molecule has 1 aromatic heterocycles. The van der Waals surface area contributed by atoms with Gasteiger partial charge < -0.3 is 14.6 Å². The molecule has 0 bridgehead atoms. The van der Waals surface area contributed by atoms with Gasteiger partial charge in [-0.15, -0.1) is 0 Å². The predicted octanol–water partition coefficient (Wildman–Crippen LogP) is 2.76. The highest BCUT2D eigenvalue weighted by Crippen LogP contribution is 2.33. The van der Waals surface area contributed by atoms with E-state index in [4.69, 9.17) is 4.74 Å². The summed E-state index contributed by atoms with van der Waals surface area (Å²) in [7, 11) is 5.20. The standard InChI is InChI=1S/C15H23N3O2/c1-18(2)10-17-13-12(8-11-6-4-5-7-11)9-16-14(13)15(19)20-3/h9-11,16H,4-8H2,1-3H3. The first-order chi connectivity index (χ1) is 9.61. The average molecular weight is 277 g/mol. The lowest BCUT2D eigenvalue weighted by molar-refractivity contribution is 0.0596. The first-order valence-corrected chi connectivity index (χ1v) is 7.11. The molecule has 20 heavy (non-hydrogen) atoms. The van der Waals surface area contributed by atoms with Gasteiger partial charge in [0.15, 0.2) is 5.69 Å². The third-order valence-electron chi connectivity index (χ3n) is 3.72. The van der Waals surface area contributed by atoms with Crippen molar-refractivity contribution in [2.24, 2.45) is 10.9 Å². The zero-order valence-corrected chi connectivity index (χ0v) is 12.5. The van der Waals surface area contributed by atoms with Crippen LogP contribution in [0.3, 0.4) is 0 Å². The molecule has 110 valence electrons. The number of aromatic nitrogens is 1. The number of nitrogens with one attached hydrogen (secondary N) is 1. The molecule has 0 aliphatic heterocycles. The number of hydrogen-bond acceptors (Lipinski definition) is 3. The van der Waals surface area contributed by atoms with E-state index in [2.05, 4.69) is 9.98 Å². The van der Waals surface area contributed by atoms with E-state index in [0.29, 0.717) is 11.6 Å². The fraction of sp³-hybridized carbons (Fsp3) is 0.600. The summed E-state index contributed by atoms with van der Waals surface area (Å²) in [6, 6.07) is 0. The Morgan fingerprint density at radius 3 is 2.80 bits per heavy atom. The molecule has 1 saturated carbocycles. The van der Waals surface area contributed by atoms with Crippen molar-refractivity contribution >= 4 is 18.0 Å². The molecule has 1 aliphatic carbocycles. The van der Waals surface area contributed by atoms with Gasteiger partial charge in [0.25, 0.3) is 0 Å². The van der Waals surface area contributed by atoms with Gasteiger partial charge in [-0.05, 0) is 17.9 Å². The molecule has 0 spiro atoms. The van der Waals surface area contributed by atoms with Crippen LogP contribution in [0.2, 0.25) is 0 Å². The van der Waals surface area contributed by atoms with E-state index in [-0.39, 0.29) is 5.97 Å². The van der Waals surface area contributed by atoms with Crippen LogP contribution in [-0.4, -0.2) is 43.4 Å². The van der Waals surface area contributed by atoms with Crippen molar-refractivity contribution < 1.29 is 9.53 Å². The second-order valence-corrected chi connectivity index (χ2v) is 5.59. The van der Waals surface area contributed by atoms with Gasteiger partial charge in [0, 0.05) is 20.3 Å². The van der Waals surface area contributed by atoms with Crippen LogP contribution in [0.4, 0.5) is 5.69 Å². The van der Waals surface area contributed by atoms with Crippen LogP contribution in [0.1, 0.15) is 41.7 Å². The smallest absolute Gasteiger partial charge is 0.356 e. The minimum Gasteiger partial charge on any atom is -0.464 e. The molecule has 2 rings (SSSR count). The summed E-state index contributed by atoms with van der Waals surface area (Å²) in [5.74, 6) is 0.346. The van der Waals surface area contributed by atoms with Gasteiger partial charge in [0.2, 0.25) is 0 Å². The molecule has 0 unspecified atom stereocenters. The molecule has 1 aliphatic rings. The number of methoxy groups -OCH3 is 1. The van der Waals surface area contributed by atoms with Crippen LogP contribution < -0.4 is 0 Å². The zero-order valence-electron chi connectivity index (χ0n) is 12.5. The molecular weight excluding hydrogens is 254 g/mol. The first-order valence-electron chi connectivity index (χ1n) is 7.11. The fourth-order valence-electron chi connectivity index (χ4n) is 2.72. The van der Waals surface area contributed by atoms with Gasteiger partial charge in [-0.25, -0.2) is 9.79 Å². The Balaban J connectivity index is 2.25. The van der Waals surface area contributed by atoms with Crippen LogP contribution in [0, 0.1) is 5.92 Å². The number of aliphatic imine (C=N–C) groups is 1. The summed E-state index contributed by atoms with van der Waals surface area (Å²) in [6.07, 6.45) is 9.77. The van der Waals surface area contributed by atoms with Crippen molar-refractivity contribution in [3.8, 4) is 0 Å². The number of carbonyl (C=O) groups excluding carboxylic acids is 1. The SMILES string of the molecule is COC(=O)c1[nH]cc(CC2CCCC2)c1N=CN(C)C. The highest BCUT2D eigenvalue weighted by Gasteiger charge is 2.22. The first kappa shape index (κ1) is 14.6. The van der Waals surface area contributed by atoms with E-state index in [1.165, 1.54) is 32.8 Å². The molecule has 0 radical (unpaired) electrons. The predicted molar refractivity (Wildman–Crippen MR) is 79.6 cm³/mol. The van der Waals surface area contributed by atoms with Crippen molar-refractivity contribution in [1.29, 1.82) is 0 Å². The van der Waals surface area contributed by atoms with Gasteiger partial charge in [0.05, 0.1) is 13.4 Å². The molecule has 5 heteroatoms. The summed E-state index contributed by atoms with van der Waals surface area (Å²) in [6.45, 7) is 0. The number of hydrogen-bond donors (Lipinski definition) is 1. The van der Waals surface area contributed by atoms with E-state index < -0.39 is 0 Å². The molecule has 0 saturated heterocycles. The summed E-state index contributed by atoms with van der Waals surface area (Å²) in [4.78, 5) is 21.1. The molecule has 1 fully saturated rings. The maximum absolute atomic E-state index is 11.8. The Morgan fingerprint density at radius 1 is 1.50 bits per heavy atom. The molecule has 0 aromatic carbocycles. The maximum atomic E-state index is 11.8. The number of carbonyl (C=O) groups is 1. The Morgan fingerprint density at radius 2 is 2.20 bits per heavy atom. The summed E-state index contributed by atoms with van der Waals surface area (Å²) >= 11 is 0. The van der Waals surface area contributed by atoms with Crippen molar-refractivity contribution in [3.63, 3.8) is 0 Å². The zero-order chi connectivity index (χ0) is 14.5. The average Bonchev–Trinajstić information content (AvgIpc) is 3.06. The Hall–Kier alpha value is -1.78. The molecule has 1 heterocycles. The second kappa shape index (κ2) is 6.59. The minimum absolute atomic E-state index is 0.367. The summed E-state index contributed by atoms with van der Waals surface area (Å²) < 4.78 is 4.81. The van der Waals surface area contributed by atoms with E-state index in [9.17, 15) is 4.79 Å². The molecular formula is C15H23N3O2. The van der Waals surface area contributed by atoms with Crippen molar-refractivity contribution in [2.45, 2.75) is 32.1 Å². The van der Waals surface area contributed by atoms with Crippen LogP contribution in [-0.2, 0) is 11.2 Å². The number of rotatable bonds is 5. The number of aromatic amines is 1.